The fourth-order valence-electron chi connectivity index (χ4n) is 2.90. The van der Waals surface area contributed by atoms with Crippen LogP contribution in [0.15, 0.2) is 11.6 Å². The Morgan fingerprint density at radius 3 is 2.42 bits per heavy atom. The van der Waals surface area contributed by atoms with Gasteiger partial charge in [-0.25, -0.2) is 4.79 Å². The van der Waals surface area contributed by atoms with Gasteiger partial charge in [0.25, 0.3) is 0 Å². The lowest BCUT2D eigenvalue weighted by molar-refractivity contribution is -0.131. The minimum absolute atomic E-state index is 0.0762. The fourth-order valence-corrected chi connectivity index (χ4v) is 2.90. The summed E-state index contributed by atoms with van der Waals surface area (Å²) in [5.74, 6) is 0.191. The molecule has 0 saturated heterocycles. The number of hydrogen-bond acceptors (Lipinski definition) is 2. The van der Waals surface area contributed by atoms with Gasteiger partial charge in [0.2, 0.25) is 5.91 Å². The lowest BCUT2D eigenvalue weighted by Gasteiger charge is -2.26. The molecule has 4 nitrogen and oxygen atoms in total. The highest BCUT2D eigenvalue weighted by molar-refractivity contribution is 5.81. The monoisotopic (exact) mass is 265 g/mol. The van der Waals surface area contributed by atoms with E-state index in [0.29, 0.717) is 0 Å². The molecule has 0 radical (unpaired) electrons. The van der Waals surface area contributed by atoms with Gasteiger partial charge >= 0.3 is 5.97 Å². The average molecular weight is 265 g/mol. The Bertz CT molecular complexity index is 362. The third kappa shape index (κ3) is 4.37. The van der Waals surface area contributed by atoms with E-state index in [1.165, 1.54) is 25.3 Å². The van der Waals surface area contributed by atoms with E-state index < -0.39 is 5.97 Å². The van der Waals surface area contributed by atoms with Gasteiger partial charge in [-0.05, 0) is 38.0 Å². The van der Waals surface area contributed by atoms with Gasteiger partial charge in [0, 0.05) is 18.5 Å². The second kappa shape index (κ2) is 6.73. The van der Waals surface area contributed by atoms with Gasteiger partial charge in [-0.2, -0.15) is 0 Å². The molecule has 2 aliphatic carbocycles. The number of nitrogens with one attached hydrogen (secondary N) is 1. The molecule has 2 fully saturated rings. The molecule has 0 aliphatic heterocycles. The molecule has 0 atom stereocenters. The van der Waals surface area contributed by atoms with Gasteiger partial charge in [-0.15, -0.1) is 0 Å². The zero-order valence-corrected chi connectivity index (χ0v) is 11.4. The molecule has 0 heterocycles. The third-order valence-corrected chi connectivity index (χ3v) is 4.40. The molecular formula is C15H23NO3. The Morgan fingerprint density at radius 1 is 1.21 bits per heavy atom. The van der Waals surface area contributed by atoms with E-state index in [1.807, 2.05) is 0 Å². The topological polar surface area (TPSA) is 66.4 Å². The molecule has 1 amide bonds. The van der Waals surface area contributed by atoms with Crippen molar-refractivity contribution in [2.24, 2.45) is 11.8 Å². The van der Waals surface area contributed by atoms with Crippen molar-refractivity contribution in [2.45, 2.75) is 51.4 Å². The molecule has 2 saturated carbocycles. The van der Waals surface area contributed by atoms with Gasteiger partial charge in [0.05, 0.1) is 0 Å². The molecular weight excluding hydrogens is 242 g/mol. The summed E-state index contributed by atoms with van der Waals surface area (Å²) in [5.41, 5.74) is 0.964. The van der Waals surface area contributed by atoms with Crippen LogP contribution < -0.4 is 5.32 Å². The number of rotatable bonds is 5. The molecule has 2 N–H and O–H groups in total. The van der Waals surface area contributed by atoms with Crippen LogP contribution in [0.3, 0.4) is 0 Å². The number of carbonyl (C=O) groups is 2. The zero-order chi connectivity index (χ0) is 13.7. The summed E-state index contributed by atoms with van der Waals surface area (Å²) in [4.78, 5) is 22.5. The summed E-state index contributed by atoms with van der Waals surface area (Å²) in [6.45, 7) is 0.803. The van der Waals surface area contributed by atoms with Crippen molar-refractivity contribution in [3.8, 4) is 0 Å². The van der Waals surface area contributed by atoms with Crippen LogP contribution in [-0.4, -0.2) is 23.5 Å². The van der Waals surface area contributed by atoms with Crippen molar-refractivity contribution in [3.05, 3.63) is 11.6 Å². The molecule has 0 unspecified atom stereocenters. The minimum atomic E-state index is -0.876. The predicted octanol–water partition coefficient (Wildman–Crippen LogP) is 2.49. The Labute approximate surface area is 114 Å². The number of carbonyl (C=O) groups excluding carboxylic acids is 1. The van der Waals surface area contributed by atoms with Gasteiger partial charge in [-0.3, -0.25) is 4.79 Å². The highest BCUT2D eigenvalue weighted by Gasteiger charge is 2.24. The summed E-state index contributed by atoms with van der Waals surface area (Å²) in [7, 11) is 0. The summed E-state index contributed by atoms with van der Waals surface area (Å²) in [6, 6.07) is 0. The Hall–Kier alpha value is -1.32. The van der Waals surface area contributed by atoms with E-state index in [-0.39, 0.29) is 11.8 Å². The van der Waals surface area contributed by atoms with Crippen LogP contribution in [-0.2, 0) is 9.59 Å². The zero-order valence-electron chi connectivity index (χ0n) is 11.4. The first kappa shape index (κ1) is 14.1. The van der Waals surface area contributed by atoms with Crippen molar-refractivity contribution in [1.29, 1.82) is 0 Å². The van der Waals surface area contributed by atoms with Crippen molar-refractivity contribution in [1.82, 2.24) is 5.32 Å². The maximum atomic E-state index is 12.0. The van der Waals surface area contributed by atoms with Crippen LogP contribution in [0.5, 0.6) is 0 Å². The Balaban J connectivity index is 1.65. The second-order valence-electron chi connectivity index (χ2n) is 5.79. The standard InChI is InChI=1S/C15H23NO3/c17-14(18)10-12-4-6-13(7-5-12)15(19)16-9-8-11-2-1-3-11/h10-11,13H,1-9H2,(H,16,19)(H,17,18). The largest absolute Gasteiger partial charge is 0.478 e. The first-order valence-corrected chi connectivity index (χ1v) is 7.35. The van der Waals surface area contributed by atoms with Gasteiger partial charge in [0.1, 0.15) is 0 Å². The number of amides is 1. The second-order valence-corrected chi connectivity index (χ2v) is 5.79. The number of carboxylic acid groups (broad SMARTS) is 1. The highest BCUT2D eigenvalue weighted by Crippen LogP contribution is 2.30. The molecule has 2 rings (SSSR count). The third-order valence-electron chi connectivity index (χ3n) is 4.40. The molecule has 4 heteroatoms. The highest BCUT2D eigenvalue weighted by atomic mass is 16.4. The maximum absolute atomic E-state index is 12.0. The molecule has 2 aliphatic rings. The lowest BCUT2D eigenvalue weighted by atomic mass is 9.82. The van der Waals surface area contributed by atoms with Crippen molar-refractivity contribution >= 4 is 11.9 Å². The van der Waals surface area contributed by atoms with Crippen molar-refractivity contribution in [2.75, 3.05) is 6.54 Å². The van der Waals surface area contributed by atoms with E-state index in [9.17, 15) is 9.59 Å². The first-order valence-electron chi connectivity index (χ1n) is 7.35. The van der Waals surface area contributed by atoms with Crippen LogP contribution in [0.1, 0.15) is 51.4 Å². The van der Waals surface area contributed by atoms with E-state index >= 15 is 0 Å². The first-order chi connectivity index (χ1) is 9.15. The molecule has 0 bridgehead atoms. The van der Waals surface area contributed by atoms with E-state index in [4.69, 9.17) is 5.11 Å². The summed E-state index contributed by atoms with van der Waals surface area (Å²) in [6.07, 6.45) is 9.46. The average Bonchev–Trinajstić information content (AvgIpc) is 2.32. The number of carboxylic acids is 1. The number of aliphatic carboxylic acids is 1. The molecule has 0 aromatic rings. The van der Waals surface area contributed by atoms with Crippen LogP contribution in [0.4, 0.5) is 0 Å². The Morgan fingerprint density at radius 2 is 1.89 bits per heavy atom. The normalized spacial score (nSPS) is 23.6. The summed E-state index contributed by atoms with van der Waals surface area (Å²) in [5, 5.41) is 11.7. The number of allylic oxidation sites excluding steroid dienone is 1. The fraction of sp³-hybridized carbons (Fsp3) is 0.733. The smallest absolute Gasteiger partial charge is 0.328 e. The van der Waals surface area contributed by atoms with Gasteiger partial charge < -0.3 is 10.4 Å². The molecule has 0 aromatic carbocycles. The minimum Gasteiger partial charge on any atom is -0.478 e. The van der Waals surface area contributed by atoms with Gasteiger partial charge in [0.15, 0.2) is 0 Å². The van der Waals surface area contributed by atoms with Crippen molar-refractivity contribution < 1.29 is 14.7 Å². The van der Waals surface area contributed by atoms with Crippen LogP contribution in [0, 0.1) is 11.8 Å². The molecule has 0 aromatic heterocycles. The van der Waals surface area contributed by atoms with E-state index in [0.717, 1.165) is 50.1 Å². The predicted molar refractivity (Wildman–Crippen MR) is 72.6 cm³/mol. The van der Waals surface area contributed by atoms with Crippen molar-refractivity contribution in [3.63, 3.8) is 0 Å². The van der Waals surface area contributed by atoms with Gasteiger partial charge in [-0.1, -0.05) is 24.8 Å². The maximum Gasteiger partial charge on any atom is 0.328 e. The quantitative estimate of drug-likeness (QED) is 0.750. The number of hydrogen-bond donors (Lipinski definition) is 2. The van der Waals surface area contributed by atoms with E-state index in [1.54, 1.807) is 0 Å². The Kier molecular flexibility index (Phi) is 5.00. The van der Waals surface area contributed by atoms with Crippen LogP contribution in [0.25, 0.3) is 0 Å². The lowest BCUT2D eigenvalue weighted by Crippen LogP contribution is -2.34. The van der Waals surface area contributed by atoms with Crippen LogP contribution >= 0.6 is 0 Å². The summed E-state index contributed by atoms with van der Waals surface area (Å²) >= 11 is 0. The summed E-state index contributed by atoms with van der Waals surface area (Å²) < 4.78 is 0. The molecule has 0 spiro atoms. The van der Waals surface area contributed by atoms with Crippen LogP contribution in [0.2, 0.25) is 0 Å². The SMILES string of the molecule is O=C(O)C=C1CCC(C(=O)NCCC2CCC2)CC1. The molecule has 106 valence electrons. The molecule has 19 heavy (non-hydrogen) atoms. The van der Waals surface area contributed by atoms with E-state index in [2.05, 4.69) is 5.32 Å².